The molecular formula is C13H19BrN2OS. The first kappa shape index (κ1) is 15.5. The number of rotatable bonds is 6. The normalized spacial score (nSPS) is 12.2. The van der Waals surface area contributed by atoms with Crippen molar-refractivity contribution in [3.05, 3.63) is 28.2 Å². The second kappa shape index (κ2) is 7.81. The third kappa shape index (κ3) is 5.42. The van der Waals surface area contributed by atoms with Crippen LogP contribution < -0.4 is 11.1 Å². The highest BCUT2D eigenvalue weighted by molar-refractivity contribution is 9.10. The van der Waals surface area contributed by atoms with Gasteiger partial charge in [-0.05, 0) is 43.7 Å². The van der Waals surface area contributed by atoms with Gasteiger partial charge in [-0.1, -0.05) is 22.9 Å². The number of thioether (sulfide) groups is 1. The largest absolute Gasteiger partial charge is 0.330 e. The quantitative estimate of drug-likeness (QED) is 0.842. The SMILES string of the molecule is Cc1cc(Br)ccc1NC(=O)CSC(C)CCN. The summed E-state index contributed by atoms with van der Waals surface area (Å²) < 4.78 is 1.02. The summed E-state index contributed by atoms with van der Waals surface area (Å²) in [5.74, 6) is 0.505. The van der Waals surface area contributed by atoms with Crippen molar-refractivity contribution in [2.75, 3.05) is 17.6 Å². The van der Waals surface area contributed by atoms with E-state index in [1.165, 1.54) is 0 Å². The number of carbonyl (C=O) groups is 1. The summed E-state index contributed by atoms with van der Waals surface area (Å²) in [7, 11) is 0. The van der Waals surface area contributed by atoms with Crippen LogP contribution in [0.1, 0.15) is 18.9 Å². The molecule has 0 radical (unpaired) electrons. The van der Waals surface area contributed by atoms with Crippen LogP contribution in [0.4, 0.5) is 5.69 Å². The van der Waals surface area contributed by atoms with E-state index >= 15 is 0 Å². The summed E-state index contributed by atoms with van der Waals surface area (Å²) >= 11 is 5.04. The third-order valence-corrected chi connectivity index (χ3v) is 4.26. The highest BCUT2D eigenvalue weighted by Gasteiger charge is 2.08. The molecule has 1 aromatic carbocycles. The van der Waals surface area contributed by atoms with Gasteiger partial charge in [0, 0.05) is 15.4 Å². The standard InChI is InChI=1S/C13H19BrN2OS/c1-9-7-11(14)3-4-12(9)16-13(17)8-18-10(2)5-6-15/h3-4,7,10H,5-6,8,15H2,1-2H3,(H,16,17). The van der Waals surface area contributed by atoms with Gasteiger partial charge in [0.25, 0.3) is 0 Å². The van der Waals surface area contributed by atoms with Crippen molar-refractivity contribution in [3.8, 4) is 0 Å². The number of halogens is 1. The lowest BCUT2D eigenvalue weighted by atomic mass is 10.2. The van der Waals surface area contributed by atoms with Crippen LogP contribution in [-0.2, 0) is 4.79 Å². The summed E-state index contributed by atoms with van der Waals surface area (Å²) in [6.07, 6.45) is 0.940. The van der Waals surface area contributed by atoms with E-state index in [9.17, 15) is 4.79 Å². The van der Waals surface area contributed by atoms with Gasteiger partial charge in [-0.15, -0.1) is 11.8 Å². The van der Waals surface area contributed by atoms with Crippen molar-refractivity contribution in [1.82, 2.24) is 0 Å². The monoisotopic (exact) mass is 330 g/mol. The Hall–Kier alpha value is -0.520. The Morgan fingerprint density at radius 3 is 2.89 bits per heavy atom. The zero-order valence-electron chi connectivity index (χ0n) is 10.7. The molecule has 0 fully saturated rings. The Morgan fingerprint density at radius 1 is 1.56 bits per heavy atom. The Morgan fingerprint density at radius 2 is 2.28 bits per heavy atom. The van der Waals surface area contributed by atoms with Gasteiger partial charge >= 0.3 is 0 Å². The maximum Gasteiger partial charge on any atom is 0.234 e. The molecule has 1 atom stereocenters. The smallest absolute Gasteiger partial charge is 0.234 e. The van der Waals surface area contributed by atoms with Crippen molar-refractivity contribution >= 4 is 39.3 Å². The van der Waals surface area contributed by atoms with Crippen LogP contribution >= 0.6 is 27.7 Å². The number of nitrogens with one attached hydrogen (secondary N) is 1. The van der Waals surface area contributed by atoms with Gasteiger partial charge in [0.2, 0.25) is 5.91 Å². The highest BCUT2D eigenvalue weighted by atomic mass is 79.9. The molecule has 0 aromatic heterocycles. The predicted molar refractivity (Wildman–Crippen MR) is 83.1 cm³/mol. The summed E-state index contributed by atoms with van der Waals surface area (Å²) in [5, 5.41) is 3.35. The van der Waals surface area contributed by atoms with E-state index in [1.807, 2.05) is 25.1 Å². The first-order valence-corrected chi connectivity index (χ1v) is 7.74. The first-order chi connectivity index (χ1) is 8.52. The molecule has 0 saturated carbocycles. The molecule has 100 valence electrons. The number of benzene rings is 1. The van der Waals surface area contributed by atoms with Gasteiger partial charge in [-0.25, -0.2) is 0 Å². The van der Waals surface area contributed by atoms with Crippen molar-refractivity contribution in [3.63, 3.8) is 0 Å². The Kier molecular flexibility index (Phi) is 6.75. The molecule has 0 aliphatic heterocycles. The van der Waals surface area contributed by atoms with E-state index < -0.39 is 0 Å². The number of amides is 1. The maximum atomic E-state index is 11.8. The molecule has 3 nitrogen and oxygen atoms in total. The number of hydrogen-bond acceptors (Lipinski definition) is 3. The summed E-state index contributed by atoms with van der Waals surface area (Å²) in [4.78, 5) is 11.8. The summed E-state index contributed by atoms with van der Waals surface area (Å²) in [5.41, 5.74) is 7.40. The van der Waals surface area contributed by atoms with Crippen LogP contribution in [0.15, 0.2) is 22.7 Å². The number of nitrogens with two attached hydrogens (primary N) is 1. The van der Waals surface area contributed by atoms with Gasteiger partial charge in [-0.3, -0.25) is 4.79 Å². The van der Waals surface area contributed by atoms with Crippen molar-refractivity contribution < 1.29 is 4.79 Å². The molecule has 0 aliphatic rings. The van der Waals surface area contributed by atoms with E-state index in [0.29, 0.717) is 17.5 Å². The lowest BCUT2D eigenvalue weighted by Gasteiger charge is -2.11. The maximum absolute atomic E-state index is 11.8. The van der Waals surface area contributed by atoms with Crippen LogP contribution in [0.5, 0.6) is 0 Å². The Balaban J connectivity index is 2.44. The molecule has 1 rings (SSSR count). The zero-order chi connectivity index (χ0) is 13.5. The first-order valence-electron chi connectivity index (χ1n) is 5.90. The van der Waals surface area contributed by atoms with Crippen LogP contribution in [0.3, 0.4) is 0 Å². The average molecular weight is 331 g/mol. The zero-order valence-corrected chi connectivity index (χ0v) is 13.1. The van der Waals surface area contributed by atoms with E-state index in [-0.39, 0.29) is 5.91 Å². The summed E-state index contributed by atoms with van der Waals surface area (Å²) in [6, 6.07) is 5.82. The van der Waals surface area contributed by atoms with Crippen molar-refractivity contribution in [1.29, 1.82) is 0 Å². The fraction of sp³-hybridized carbons (Fsp3) is 0.462. The van der Waals surface area contributed by atoms with Gasteiger partial charge in [0.05, 0.1) is 5.75 Å². The minimum Gasteiger partial charge on any atom is -0.330 e. The Labute approximate surface area is 121 Å². The van der Waals surface area contributed by atoms with Crippen molar-refractivity contribution in [2.24, 2.45) is 5.73 Å². The topological polar surface area (TPSA) is 55.1 Å². The van der Waals surface area contributed by atoms with E-state index in [0.717, 1.165) is 22.1 Å². The molecule has 0 heterocycles. The fourth-order valence-electron chi connectivity index (χ4n) is 1.49. The minimum atomic E-state index is 0.0364. The van der Waals surface area contributed by atoms with Gasteiger partial charge in [-0.2, -0.15) is 0 Å². The predicted octanol–water partition coefficient (Wildman–Crippen LogP) is 3.17. The van der Waals surface area contributed by atoms with E-state index in [1.54, 1.807) is 11.8 Å². The molecule has 5 heteroatoms. The minimum absolute atomic E-state index is 0.0364. The number of anilines is 1. The highest BCUT2D eigenvalue weighted by Crippen LogP contribution is 2.20. The Bertz CT molecular complexity index is 412. The van der Waals surface area contributed by atoms with Gasteiger partial charge in [0.1, 0.15) is 0 Å². The molecule has 0 bridgehead atoms. The van der Waals surface area contributed by atoms with Crippen LogP contribution in [-0.4, -0.2) is 23.5 Å². The number of carbonyl (C=O) groups excluding carboxylic acids is 1. The van der Waals surface area contributed by atoms with E-state index in [4.69, 9.17) is 5.73 Å². The third-order valence-electron chi connectivity index (χ3n) is 2.53. The second-order valence-corrected chi connectivity index (χ2v) is 6.55. The summed E-state index contributed by atoms with van der Waals surface area (Å²) in [6.45, 7) is 4.74. The van der Waals surface area contributed by atoms with Crippen LogP contribution in [0.25, 0.3) is 0 Å². The lowest BCUT2D eigenvalue weighted by Crippen LogP contribution is -2.17. The molecular weight excluding hydrogens is 312 g/mol. The lowest BCUT2D eigenvalue weighted by molar-refractivity contribution is -0.113. The average Bonchev–Trinajstić information content (AvgIpc) is 2.31. The second-order valence-electron chi connectivity index (χ2n) is 4.21. The number of aryl methyl sites for hydroxylation is 1. The van der Waals surface area contributed by atoms with Crippen molar-refractivity contribution in [2.45, 2.75) is 25.5 Å². The molecule has 0 aliphatic carbocycles. The van der Waals surface area contributed by atoms with Gasteiger partial charge < -0.3 is 11.1 Å². The molecule has 1 amide bonds. The fourth-order valence-corrected chi connectivity index (χ4v) is 2.78. The molecule has 18 heavy (non-hydrogen) atoms. The molecule has 1 aromatic rings. The van der Waals surface area contributed by atoms with Crippen LogP contribution in [0, 0.1) is 6.92 Å². The number of hydrogen-bond donors (Lipinski definition) is 2. The van der Waals surface area contributed by atoms with Crippen LogP contribution in [0.2, 0.25) is 0 Å². The molecule has 1 unspecified atom stereocenters. The van der Waals surface area contributed by atoms with Gasteiger partial charge in [0.15, 0.2) is 0 Å². The van der Waals surface area contributed by atoms with E-state index in [2.05, 4.69) is 28.2 Å². The molecule has 3 N–H and O–H groups in total. The molecule has 0 saturated heterocycles. The molecule has 0 spiro atoms.